The molecule has 0 heterocycles. The van der Waals surface area contributed by atoms with E-state index in [2.05, 4.69) is 5.32 Å². The second-order valence-corrected chi connectivity index (χ2v) is 6.21. The molecule has 15 heavy (non-hydrogen) atoms. The van der Waals surface area contributed by atoms with Crippen LogP contribution in [0.15, 0.2) is 24.3 Å². The number of benzene rings is 1. The van der Waals surface area contributed by atoms with Crippen LogP contribution in [0, 0.1) is 0 Å². The molecule has 0 radical (unpaired) electrons. The number of amides is 1. The van der Waals surface area contributed by atoms with Gasteiger partial charge < -0.3 is 0 Å². The summed E-state index contributed by atoms with van der Waals surface area (Å²) in [7, 11) is 0. The molecule has 0 aromatic heterocycles. The molecule has 82 valence electrons. The summed E-state index contributed by atoms with van der Waals surface area (Å²) in [6, 6.07) is 5.41. The second kappa shape index (κ2) is 4.63. The predicted molar refractivity (Wildman–Crippen MR) is 54.6 cm³/mol. The van der Waals surface area contributed by atoms with Gasteiger partial charge >= 0.3 is 88.7 Å². The van der Waals surface area contributed by atoms with E-state index in [1.807, 2.05) is 0 Å². The Morgan fingerprint density at radius 3 is 2.27 bits per heavy atom. The molecular weight excluding hydrogens is 263 g/mol. The van der Waals surface area contributed by atoms with Crippen LogP contribution in [0.5, 0.6) is 0 Å². The average molecular weight is 274 g/mol. The average Bonchev–Trinajstić information content (AvgIpc) is 2.17. The Labute approximate surface area is 89.1 Å². The van der Waals surface area contributed by atoms with E-state index in [1.165, 1.54) is 24.3 Å². The quantitative estimate of drug-likeness (QED) is 0.483. The number of rotatable bonds is 3. The minimum atomic E-state index is -4.82. The Morgan fingerprint density at radius 2 is 1.87 bits per heavy atom. The SMILES string of the molecule is NCC(=O)Nc1ccc([As](=O)(O)O)cc1. The van der Waals surface area contributed by atoms with Gasteiger partial charge in [-0.1, -0.05) is 0 Å². The van der Waals surface area contributed by atoms with E-state index in [9.17, 15) is 8.53 Å². The monoisotopic (exact) mass is 274 g/mol. The molecule has 1 aromatic carbocycles. The van der Waals surface area contributed by atoms with Crippen LogP contribution in [-0.2, 0) is 8.53 Å². The molecule has 1 aromatic rings. The van der Waals surface area contributed by atoms with Crippen LogP contribution in [0.2, 0.25) is 0 Å². The van der Waals surface area contributed by atoms with Crippen LogP contribution in [-0.4, -0.2) is 34.8 Å². The molecule has 0 unspecified atom stereocenters. The van der Waals surface area contributed by atoms with Crippen LogP contribution in [0.25, 0.3) is 0 Å². The maximum atomic E-state index is 10.9. The van der Waals surface area contributed by atoms with E-state index < -0.39 is 14.2 Å². The van der Waals surface area contributed by atoms with Gasteiger partial charge in [-0.15, -0.1) is 0 Å². The predicted octanol–water partition coefficient (Wildman–Crippen LogP) is -1.86. The van der Waals surface area contributed by atoms with Gasteiger partial charge in [-0.2, -0.15) is 0 Å². The first-order chi connectivity index (χ1) is 6.93. The molecule has 0 saturated heterocycles. The van der Waals surface area contributed by atoms with Crippen molar-refractivity contribution in [3.05, 3.63) is 24.3 Å². The van der Waals surface area contributed by atoms with Crippen molar-refractivity contribution in [2.75, 3.05) is 11.9 Å². The topological polar surface area (TPSA) is 113 Å². The van der Waals surface area contributed by atoms with Crippen molar-refractivity contribution in [3.63, 3.8) is 0 Å². The third-order valence-electron chi connectivity index (χ3n) is 1.67. The number of hydrogen-bond acceptors (Lipinski definition) is 3. The molecule has 0 aliphatic carbocycles. The van der Waals surface area contributed by atoms with E-state index in [-0.39, 0.29) is 16.8 Å². The van der Waals surface area contributed by atoms with Crippen LogP contribution >= 0.6 is 0 Å². The number of hydrogen-bond donors (Lipinski definition) is 4. The Kier molecular flexibility index (Phi) is 3.71. The molecule has 0 fully saturated rings. The van der Waals surface area contributed by atoms with Gasteiger partial charge in [-0.05, 0) is 0 Å². The van der Waals surface area contributed by atoms with Crippen molar-refractivity contribution >= 4 is 30.1 Å². The van der Waals surface area contributed by atoms with E-state index in [4.69, 9.17) is 13.9 Å². The Hall–Kier alpha value is -1.07. The first-order valence-corrected chi connectivity index (χ1v) is 7.48. The molecule has 1 amide bonds. The maximum absolute atomic E-state index is 10.9. The molecule has 0 aliphatic rings. The minimum absolute atomic E-state index is 0.0288. The summed E-state index contributed by atoms with van der Waals surface area (Å²) >= 11 is -4.82. The molecular formula is C8H11AsN2O4. The zero-order valence-corrected chi connectivity index (χ0v) is 9.63. The van der Waals surface area contributed by atoms with Gasteiger partial charge in [0.05, 0.1) is 0 Å². The van der Waals surface area contributed by atoms with Gasteiger partial charge in [0.1, 0.15) is 0 Å². The molecule has 0 saturated carbocycles. The van der Waals surface area contributed by atoms with E-state index in [1.54, 1.807) is 0 Å². The van der Waals surface area contributed by atoms with Gasteiger partial charge in [-0.3, -0.25) is 0 Å². The number of carbonyl (C=O) groups is 1. The first-order valence-electron chi connectivity index (χ1n) is 4.09. The zero-order valence-electron chi connectivity index (χ0n) is 7.75. The van der Waals surface area contributed by atoms with E-state index >= 15 is 0 Å². The number of anilines is 1. The Bertz CT molecular complexity index is 398. The van der Waals surface area contributed by atoms with Gasteiger partial charge in [0.2, 0.25) is 0 Å². The molecule has 1 rings (SSSR count). The van der Waals surface area contributed by atoms with E-state index in [0.29, 0.717) is 5.69 Å². The van der Waals surface area contributed by atoms with Crippen molar-refractivity contribution in [2.45, 2.75) is 0 Å². The van der Waals surface area contributed by atoms with Gasteiger partial charge in [0, 0.05) is 0 Å². The van der Waals surface area contributed by atoms with Gasteiger partial charge in [0.15, 0.2) is 0 Å². The van der Waals surface area contributed by atoms with Crippen LogP contribution in [0.3, 0.4) is 0 Å². The summed E-state index contributed by atoms with van der Waals surface area (Å²) in [4.78, 5) is 10.9. The normalized spacial score (nSPS) is 11.1. The second-order valence-electron chi connectivity index (χ2n) is 2.84. The molecule has 0 atom stereocenters. The standard InChI is InChI=1S/C8H11AsN2O4/c10-5-8(12)11-7-3-1-6(2-4-7)9(13,14)15/h1-4H,5,10H2,(H,11,12)(H2,13,14,15). The van der Waals surface area contributed by atoms with Gasteiger partial charge in [-0.25, -0.2) is 0 Å². The first kappa shape index (κ1) is 12.0. The van der Waals surface area contributed by atoms with Crippen molar-refractivity contribution < 1.29 is 16.7 Å². The van der Waals surface area contributed by atoms with E-state index in [0.717, 1.165) is 0 Å². The van der Waals surface area contributed by atoms with Crippen LogP contribution in [0.1, 0.15) is 0 Å². The summed E-state index contributed by atoms with van der Waals surface area (Å²) in [6.45, 7) is -0.135. The molecule has 0 aliphatic heterocycles. The summed E-state index contributed by atoms with van der Waals surface area (Å²) in [5.41, 5.74) is 5.54. The number of nitrogens with one attached hydrogen (secondary N) is 1. The Morgan fingerprint density at radius 1 is 1.33 bits per heavy atom. The van der Waals surface area contributed by atoms with Crippen LogP contribution in [0.4, 0.5) is 5.69 Å². The van der Waals surface area contributed by atoms with Crippen LogP contribution < -0.4 is 15.4 Å². The van der Waals surface area contributed by atoms with Crippen molar-refractivity contribution in [3.8, 4) is 0 Å². The molecule has 0 spiro atoms. The molecule has 7 heteroatoms. The molecule has 5 N–H and O–H groups in total. The number of carbonyl (C=O) groups excluding carboxylic acids is 1. The van der Waals surface area contributed by atoms with Crippen molar-refractivity contribution in [2.24, 2.45) is 5.73 Å². The summed E-state index contributed by atoms with van der Waals surface area (Å²) in [5, 5.41) is 2.46. The van der Waals surface area contributed by atoms with Crippen molar-refractivity contribution in [1.29, 1.82) is 0 Å². The fourth-order valence-electron chi connectivity index (χ4n) is 0.951. The van der Waals surface area contributed by atoms with Gasteiger partial charge in [0.25, 0.3) is 0 Å². The zero-order chi connectivity index (χ0) is 11.5. The molecule has 6 nitrogen and oxygen atoms in total. The molecule has 0 bridgehead atoms. The summed E-state index contributed by atoms with van der Waals surface area (Å²) in [6.07, 6.45) is 0. The van der Waals surface area contributed by atoms with Crippen molar-refractivity contribution in [1.82, 2.24) is 0 Å². The fourth-order valence-corrected chi connectivity index (χ4v) is 2.08. The number of nitrogens with two attached hydrogens (primary N) is 1. The summed E-state index contributed by atoms with van der Waals surface area (Å²) < 4.78 is 28.6. The third kappa shape index (κ3) is 3.53. The fraction of sp³-hybridized carbons (Fsp3) is 0.125. The third-order valence-corrected chi connectivity index (χ3v) is 3.71. The Balaban J connectivity index is 2.82. The summed E-state index contributed by atoms with van der Waals surface area (Å²) in [5.74, 6) is -0.357.